The van der Waals surface area contributed by atoms with Crippen molar-refractivity contribution in [1.29, 1.82) is 0 Å². The Bertz CT molecular complexity index is 384. The van der Waals surface area contributed by atoms with E-state index in [0.717, 1.165) is 25.7 Å². The third kappa shape index (κ3) is 8.14. The van der Waals surface area contributed by atoms with Crippen LogP contribution in [-0.2, 0) is 14.3 Å². The maximum Gasteiger partial charge on any atom is 0.350 e. The van der Waals surface area contributed by atoms with Crippen LogP contribution < -0.4 is 0 Å². The second kappa shape index (κ2) is 11.2. The van der Waals surface area contributed by atoms with Crippen LogP contribution in [0.15, 0.2) is 11.3 Å². The predicted molar refractivity (Wildman–Crippen MR) is 82.1 cm³/mol. The highest BCUT2D eigenvalue weighted by atomic mass is 16.6. The van der Waals surface area contributed by atoms with Gasteiger partial charge in [0.05, 0.1) is 0 Å². The number of esters is 2. The molecule has 6 nitrogen and oxygen atoms in total. The first-order valence-corrected chi connectivity index (χ1v) is 7.79. The average molecular weight is 316 g/mol. The normalized spacial score (nSPS) is 13.3. The molecule has 0 aliphatic heterocycles. The summed E-state index contributed by atoms with van der Waals surface area (Å²) < 4.78 is 4.37. The predicted octanol–water partition coefficient (Wildman–Crippen LogP) is 2.38. The van der Waals surface area contributed by atoms with E-state index in [4.69, 9.17) is 0 Å². The molecule has 0 saturated heterocycles. The number of rotatable bonds is 10. The molecule has 128 valence electrons. The van der Waals surface area contributed by atoms with Gasteiger partial charge in [-0.15, -0.1) is 0 Å². The van der Waals surface area contributed by atoms with Crippen LogP contribution in [0.5, 0.6) is 0 Å². The molecule has 0 radical (unpaired) electrons. The first kappa shape index (κ1) is 20.6. The molecule has 0 fully saturated rings. The van der Waals surface area contributed by atoms with Crippen LogP contribution in [0.1, 0.15) is 65.7 Å². The summed E-state index contributed by atoms with van der Waals surface area (Å²) in [7, 11) is 0. The summed E-state index contributed by atoms with van der Waals surface area (Å²) >= 11 is 0. The number of allylic oxidation sites excluding steroid dienone is 1. The van der Waals surface area contributed by atoms with Gasteiger partial charge in [-0.1, -0.05) is 45.4 Å². The number of hydrogen-bond donors (Lipinski definition) is 3. The summed E-state index contributed by atoms with van der Waals surface area (Å²) in [6.45, 7) is 5.13. The van der Waals surface area contributed by atoms with E-state index in [1.807, 2.05) is 0 Å². The fraction of sp³-hybridized carbons (Fsp3) is 0.750. The summed E-state index contributed by atoms with van der Waals surface area (Å²) in [4.78, 5) is 23.0. The molecule has 0 aromatic rings. The topological polar surface area (TPSA) is 104 Å². The summed E-state index contributed by atoms with van der Waals surface area (Å²) in [6.07, 6.45) is 2.97. The van der Waals surface area contributed by atoms with Crippen molar-refractivity contribution in [3.63, 3.8) is 0 Å². The highest BCUT2D eigenvalue weighted by molar-refractivity contribution is 5.90. The number of carbonyl (C=O) groups excluding carboxylic acids is 2. The van der Waals surface area contributed by atoms with Crippen LogP contribution in [0.25, 0.3) is 0 Å². The fourth-order valence-corrected chi connectivity index (χ4v) is 1.84. The van der Waals surface area contributed by atoms with Crippen molar-refractivity contribution < 1.29 is 29.6 Å². The second-order valence-corrected chi connectivity index (χ2v) is 5.60. The first-order chi connectivity index (χ1) is 10.3. The lowest BCUT2D eigenvalue weighted by atomic mass is 10.1. The van der Waals surface area contributed by atoms with E-state index < -0.39 is 29.9 Å². The maximum atomic E-state index is 11.5. The third-order valence-corrected chi connectivity index (χ3v) is 3.30. The molecule has 3 N–H and O–H groups in total. The Morgan fingerprint density at radius 2 is 1.50 bits per heavy atom. The van der Waals surface area contributed by atoms with Crippen LogP contribution in [-0.4, -0.2) is 39.5 Å². The van der Waals surface area contributed by atoms with Crippen LogP contribution in [0.2, 0.25) is 0 Å². The number of aliphatic hydroxyl groups excluding tert-OH is 3. The minimum absolute atomic E-state index is 0.211. The molecule has 0 amide bonds. The van der Waals surface area contributed by atoms with Gasteiger partial charge in [-0.25, -0.2) is 9.59 Å². The van der Waals surface area contributed by atoms with Crippen molar-refractivity contribution in [2.75, 3.05) is 0 Å². The van der Waals surface area contributed by atoms with Crippen LogP contribution in [0.3, 0.4) is 0 Å². The molecular formula is C16H28O6. The standard InChI is InChI=1S/C16H28O6/c1-4-5-6-7-8-9-10-12(17)15(20)22-16(21)14(19)13(18)11(2)3/h12,14,17-19H,4-10H2,1-3H3. The number of hydrogen-bond acceptors (Lipinski definition) is 6. The van der Waals surface area contributed by atoms with E-state index >= 15 is 0 Å². The number of unbranched alkanes of at least 4 members (excludes halogenated alkanes) is 5. The lowest BCUT2D eigenvalue weighted by Crippen LogP contribution is -2.32. The Kier molecular flexibility index (Phi) is 10.5. The molecule has 0 saturated carbocycles. The number of aliphatic hydroxyl groups is 3. The molecule has 0 aromatic carbocycles. The molecule has 0 spiro atoms. The average Bonchev–Trinajstić information content (AvgIpc) is 2.48. The van der Waals surface area contributed by atoms with Gasteiger partial charge in [0.15, 0.2) is 6.10 Å². The van der Waals surface area contributed by atoms with Gasteiger partial charge < -0.3 is 20.1 Å². The van der Waals surface area contributed by atoms with Crippen LogP contribution in [0, 0.1) is 0 Å². The summed E-state index contributed by atoms with van der Waals surface area (Å²) in [5, 5.41) is 28.5. The molecule has 22 heavy (non-hydrogen) atoms. The van der Waals surface area contributed by atoms with Crippen molar-refractivity contribution in [1.82, 2.24) is 0 Å². The van der Waals surface area contributed by atoms with Gasteiger partial charge in [0, 0.05) is 0 Å². The lowest BCUT2D eigenvalue weighted by molar-refractivity contribution is -0.171. The van der Waals surface area contributed by atoms with Gasteiger partial charge in [-0.05, 0) is 25.8 Å². The number of carbonyl (C=O) groups is 2. The van der Waals surface area contributed by atoms with E-state index in [2.05, 4.69) is 11.7 Å². The minimum Gasteiger partial charge on any atom is -0.509 e. The van der Waals surface area contributed by atoms with Crippen molar-refractivity contribution in [2.24, 2.45) is 0 Å². The van der Waals surface area contributed by atoms with E-state index in [0.29, 0.717) is 12.0 Å². The van der Waals surface area contributed by atoms with Gasteiger partial charge >= 0.3 is 11.9 Å². The molecule has 2 atom stereocenters. The summed E-state index contributed by atoms with van der Waals surface area (Å²) in [5.41, 5.74) is 0.338. The molecule has 0 aromatic heterocycles. The zero-order valence-corrected chi connectivity index (χ0v) is 13.7. The molecule has 0 aliphatic carbocycles. The smallest absolute Gasteiger partial charge is 0.350 e. The molecule has 0 heterocycles. The van der Waals surface area contributed by atoms with Crippen LogP contribution >= 0.6 is 0 Å². The summed E-state index contributed by atoms with van der Waals surface area (Å²) in [5.74, 6) is -2.94. The molecule has 0 bridgehead atoms. The Balaban J connectivity index is 4.09. The van der Waals surface area contributed by atoms with E-state index in [9.17, 15) is 24.9 Å². The largest absolute Gasteiger partial charge is 0.509 e. The van der Waals surface area contributed by atoms with Gasteiger partial charge in [-0.2, -0.15) is 0 Å². The Hall–Kier alpha value is -1.40. The van der Waals surface area contributed by atoms with Gasteiger partial charge in [0.1, 0.15) is 5.76 Å². The van der Waals surface area contributed by atoms with Gasteiger partial charge in [-0.3, -0.25) is 0 Å². The van der Waals surface area contributed by atoms with Gasteiger partial charge in [0.25, 0.3) is 0 Å². The van der Waals surface area contributed by atoms with Gasteiger partial charge in [0.2, 0.25) is 6.10 Å². The quantitative estimate of drug-likeness (QED) is 0.247. The third-order valence-electron chi connectivity index (χ3n) is 3.30. The minimum atomic E-state index is -1.91. The fourth-order valence-electron chi connectivity index (χ4n) is 1.84. The second-order valence-electron chi connectivity index (χ2n) is 5.60. The van der Waals surface area contributed by atoms with E-state index in [1.54, 1.807) is 0 Å². The lowest BCUT2D eigenvalue weighted by Gasteiger charge is -2.13. The number of ether oxygens (including phenoxy) is 1. The highest BCUT2D eigenvalue weighted by Gasteiger charge is 2.27. The summed E-state index contributed by atoms with van der Waals surface area (Å²) in [6, 6.07) is 0. The van der Waals surface area contributed by atoms with E-state index in [1.165, 1.54) is 20.3 Å². The SMILES string of the molecule is CCCCCCCCC(O)C(=O)OC(=O)C(O)C(O)=C(C)C. The van der Waals surface area contributed by atoms with Crippen molar-refractivity contribution in [3.8, 4) is 0 Å². The van der Waals surface area contributed by atoms with Crippen molar-refractivity contribution in [3.05, 3.63) is 11.3 Å². The van der Waals surface area contributed by atoms with Crippen molar-refractivity contribution >= 4 is 11.9 Å². The van der Waals surface area contributed by atoms with Crippen LogP contribution in [0.4, 0.5) is 0 Å². The molecule has 2 unspecified atom stereocenters. The molecular weight excluding hydrogens is 288 g/mol. The van der Waals surface area contributed by atoms with Crippen molar-refractivity contribution in [2.45, 2.75) is 77.9 Å². The Morgan fingerprint density at radius 3 is 2.05 bits per heavy atom. The van der Waals surface area contributed by atoms with E-state index in [-0.39, 0.29) is 6.42 Å². The maximum absolute atomic E-state index is 11.5. The molecule has 6 heteroatoms. The highest BCUT2D eigenvalue weighted by Crippen LogP contribution is 2.11. The monoisotopic (exact) mass is 316 g/mol. The molecule has 0 rings (SSSR count). The molecule has 0 aliphatic rings. The Labute approximate surface area is 131 Å². The Morgan fingerprint density at radius 1 is 0.955 bits per heavy atom. The zero-order valence-electron chi connectivity index (χ0n) is 13.7. The first-order valence-electron chi connectivity index (χ1n) is 7.79. The zero-order chi connectivity index (χ0) is 17.1.